The minimum absolute atomic E-state index is 0.0702. The van der Waals surface area contributed by atoms with E-state index < -0.39 is 0 Å². The molecule has 0 saturated carbocycles. The second kappa shape index (κ2) is 6.99. The van der Waals surface area contributed by atoms with E-state index in [0.717, 1.165) is 35.5 Å². The summed E-state index contributed by atoms with van der Waals surface area (Å²) in [5.41, 5.74) is 3.91. The number of benzene rings is 1. The van der Waals surface area contributed by atoms with Gasteiger partial charge in [0.1, 0.15) is 0 Å². The first kappa shape index (κ1) is 15.1. The molecule has 2 heterocycles. The largest absolute Gasteiger partial charge is 0.392 e. The van der Waals surface area contributed by atoms with Gasteiger partial charge in [0.25, 0.3) is 0 Å². The first-order chi connectivity index (χ1) is 10.7. The van der Waals surface area contributed by atoms with Gasteiger partial charge in [-0.25, -0.2) is 0 Å². The summed E-state index contributed by atoms with van der Waals surface area (Å²) in [4.78, 5) is 11.5. The van der Waals surface area contributed by atoms with Gasteiger partial charge in [-0.15, -0.1) is 0 Å². The van der Waals surface area contributed by atoms with Gasteiger partial charge in [-0.05, 0) is 44.3 Å². The van der Waals surface area contributed by atoms with Crippen LogP contribution in [0.1, 0.15) is 24.1 Å². The molecule has 2 aromatic rings. The van der Waals surface area contributed by atoms with Crippen LogP contribution in [0.5, 0.6) is 0 Å². The molecule has 22 heavy (non-hydrogen) atoms. The van der Waals surface area contributed by atoms with E-state index in [1.54, 1.807) is 0 Å². The zero-order chi connectivity index (χ0) is 15.4. The van der Waals surface area contributed by atoms with Gasteiger partial charge >= 0.3 is 0 Å². The van der Waals surface area contributed by atoms with Crippen molar-refractivity contribution in [2.45, 2.75) is 25.9 Å². The number of aliphatic hydroxyl groups excluding tert-OH is 1. The van der Waals surface area contributed by atoms with Crippen molar-refractivity contribution in [3.05, 3.63) is 47.9 Å². The highest BCUT2D eigenvalue weighted by Gasteiger charge is 2.18. The highest BCUT2D eigenvalue weighted by molar-refractivity contribution is 5.58. The van der Waals surface area contributed by atoms with Gasteiger partial charge in [-0.1, -0.05) is 24.3 Å². The molecule has 1 aromatic heterocycles. The normalized spacial score (nSPS) is 19.3. The molecule has 0 bridgehead atoms. The average molecular weight is 297 g/mol. The summed E-state index contributed by atoms with van der Waals surface area (Å²) in [6.07, 6.45) is 7.35. The molecule has 1 saturated heterocycles. The van der Waals surface area contributed by atoms with Crippen LogP contribution in [0.15, 0.2) is 36.7 Å². The summed E-state index contributed by atoms with van der Waals surface area (Å²) >= 11 is 0. The van der Waals surface area contributed by atoms with Crippen LogP contribution in [0.4, 0.5) is 0 Å². The van der Waals surface area contributed by atoms with Gasteiger partial charge in [0.05, 0.1) is 24.2 Å². The summed E-state index contributed by atoms with van der Waals surface area (Å²) in [7, 11) is 2.19. The Morgan fingerprint density at radius 2 is 2.00 bits per heavy atom. The predicted molar refractivity (Wildman–Crippen MR) is 87.3 cm³/mol. The number of nitrogens with zero attached hydrogens (tertiary/aromatic N) is 3. The van der Waals surface area contributed by atoms with E-state index >= 15 is 0 Å². The molecule has 0 unspecified atom stereocenters. The number of rotatable bonds is 4. The number of aromatic nitrogens is 2. The number of hydrogen-bond acceptors (Lipinski definition) is 4. The molecule has 0 spiro atoms. The van der Waals surface area contributed by atoms with Gasteiger partial charge in [-0.3, -0.25) is 9.97 Å². The third kappa shape index (κ3) is 3.70. The van der Waals surface area contributed by atoms with Crippen LogP contribution in [-0.4, -0.2) is 40.1 Å². The number of piperidine rings is 1. The zero-order valence-electron chi connectivity index (χ0n) is 13.1. The van der Waals surface area contributed by atoms with Crippen LogP contribution in [0, 0.1) is 5.92 Å². The minimum Gasteiger partial charge on any atom is -0.392 e. The molecule has 1 atom stereocenters. The number of likely N-dealkylation sites (tertiary alicyclic amines) is 1. The molecule has 1 fully saturated rings. The van der Waals surface area contributed by atoms with Gasteiger partial charge in [0, 0.05) is 18.3 Å². The fourth-order valence-corrected chi connectivity index (χ4v) is 3.13. The maximum Gasteiger partial charge on any atom is 0.0885 e. The van der Waals surface area contributed by atoms with Gasteiger partial charge in [-0.2, -0.15) is 0 Å². The van der Waals surface area contributed by atoms with Gasteiger partial charge in [0.15, 0.2) is 0 Å². The topological polar surface area (TPSA) is 49.2 Å². The Morgan fingerprint density at radius 3 is 2.64 bits per heavy atom. The lowest BCUT2D eigenvalue weighted by Gasteiger charge is -2.29. The van der Waals surface area contributed by atoms with E-state index in [1.807, 2.05) is 36.7 Å². The Kier molecular flexibility index (Phi) is 4.80. The monoisotopic (exact) mass is 297 g/mol. The molecule has 4 heteroatoms. The van der Waals surface area contributed by atoms with Crippen molar-refractivity contribution < 1.29 is 5.11 Å². The lowest BCUT2D eigenvalue weighted by molar-refractivity contribution is 0.208. The van der Waals surface area contributed by atoms with Crippen molar-refractivity contribution in [3.8, 4) is 11.3 Å². The van der Waals surface area contributed by atoms with Crippen molar-refractivity contribution in [2.75, 3.05) is 20.1 Å². The third-order valence-corrected chi connectivity index (χ3v) is 4.36. The summed E-state index contributed by atoms with van der Waals surface area (Å²) < 4.78 is 0. The van der Waals surface area contributed by atoms with Crippen molar-refractivity contribution in [2.24, 2.45) is 5.92 Å². The third-order valence-electron chi connectivity index (χ3n) is 4.36. The first-order valence-corrected chi connectivity index (χ1v) is 7.94. The lowest BCUT2D eigenvalue weighted by Crippen LogP contribution is -2.33. The van der Waals surface area contributed by atoms with Gasteiger partial charge in [0.2, 0.25) is 0 Å². The van der Waals surface area contributed by atoms with E-state index in [-0.39, 0.29) is 6.61 Å². The molecular formula is C18H23N3O. The maximum absolute atomic E-state index is 9.08. The van der Waals surface area contributed by atoms with Crippen molar-refractivity contribution in [1.29, 1.82) is 0 Å². The molecule has 1 aliphatic heterocycles. The Balaban J connectivity index is 1.66. The lowest BCUT2D eigenvalue weighted by atomic mass is 9.94. The van der Waals surface area contributed by atoms with E-state index in [4.69, 9.17) is 5.11 Å². The molecule has 0 radical (unpaired) electrons. The highest BCUT2D eigenvalue weighted by Crippen LogP contribution is 2.20. The highest BCUT2D eigenvalue weighted by atomic mass is 16.3. The summed E-state index contributed by atoms with van der Waals surface area (Å²) in [5.74, 6) is 0.697. The SMILES string of the molecule is CN1CCC[C@H](Cc2cnc(-c3ccc(CO)cc3)cn2)C1. The Labute approximate surface area is 131 Å². The van der Waals surface area contributed by atoms with E-state index in [2.05, 4.69) is 21.9 Å². The molecule has 1 aromatic carbocycles. The fraction of sp³-hybridized carbons (Fsp3) is 0.444. The van der Waals surface area contributed by atoms with E-state index in [0.29, 0.717) is 5.92 Å². The van der Waals surface area contributed by atoms with E-state index in [1.165, 1.54) is 19.4 Å². The van der Waals surface area contributed by atoms with Crippen LogP contribution < -0.4 is 0 Å². The zero-order valence-corrected chi connectivity index (χ0v) is 13.1. The van der Waals surface area contributed by atoms with Crippen LogP contribution in [0.3, 0.4) is 0 Å². The van der Waals surface area contributed by atoms with Crippen molar-refractivity contribution >= 4 is 0 Å². The van der Waals surface area contributed by atoms with Crippen molar-refractivity contribution in [3.63, 3.8) is 0 Å². The van der Waals surface area contributed by atoms with Crippen LogP contribution in [0.2, 0.25) is 0 Å². The van der Waals surface area contributed by atoms with Gasteiger partial charge < -0.3 is 10.0 Å². The van der Waals surface area contributed by atoms with Crippen LogP contribution in [0.25, 0.3) is 11.3 Å². The average Bonchev–Trinajstić information content (AvgIpc) is 2.56. The molecule has 3 rings (SSSR count). The second-order valence-electron chi connectivity index (χ2n) is 6.22. The summed E-state index contributed by atoms with van der Waals surface area (Å²) in [6, 6.07) is 7.79. The molecule has 116 valence electrons. The Bertz CT molecular complexity index is 595. The quantitative estimate of drug-likeness (QED) is 0.942. The summed E-state index contributed by atoms with van der Waals surface area (Å²) in [6.45, 7) is 2.44. The van der Waals surface area contributed by atoms with Crippen molar-refractivity contribution in [1.82, 2.24) is 14.9 Å². The molecule has 1 N–H and O–H groups in total. The van der Waals surface area contributed by atoms with Crippen LogP contribution >= 0.6 is 0 Å². The first-order valence-electron chi connectivity index (χ1n) is 7.94. The maximum atomic E-state index is 9.08. The molecule has 0 aliphatic carbocycles. The van der Waals surface area contributed by atoms with Crippen LogP contribution in [-0.2, 0) is 13.0 Å². The smallest absolute Gasteiger partial charge is 0.0885 e. The molecule has 1 aliphatic rings. The number of hydrogen-bond donors (Lipinski definition) is 1. The second-order valence-corrected chi connectivity index (χ2v) is 6.22. The Morgan fingerprint density at radius 1 is 1.18 bits per heavy atom. The predicted octanol–water partition coefficient (Wildman–Crippen LogP) is 2.52. The Hall–Kier alpha value is -1.78. The fourth-order valence-electron chi connectivity index (χ4n) is 3.13. The molecule has 0 amide bonds. The standard InChI is InChI=1S/C18H23N3O/c1-21-8-2-3-15(12-21)9-17-10-20-18(11-19-17)16-6-4-14(13-22)5-7-16/h4-7,10-11,15,22H,2-3,8-9,12-13H2,1H3/t15-/m1/s1. The molecule has 4 nitrogen and oxygen atoms in total. The number of aliphatic hydroxyl groups is 1. The molecular weight excluding hydrogens is 274 g/mol. The van der Waals surface area contributed by atoms with E-state index in [9.17, 15) is 0 Å². The summed E-state index contributed by atoms with van der Waals surface area (Å²) in [5, 5.41) is 9.08. The minimum atomic E-state index is 0.0702.